The molecule has 0 bridgehead atoms. The van der Waals surface area contributed by atoms with Gasteiger partial charge in [-0.3, -0.25) is 8.78 Å². The molecule has 0 aromatic carbocycles. The summed E-state index contributed by atoms with van der Waals surface area (Å²) >= 11 is 5.63. The van der Waals surface area contributed by atoms with E-state index in [9.17, 15) is 8.78 Å². The van der Waals surface area contributed by atoms with E-state index < -0.39 is 18.8 Å². The van der Waals surface area contributed by atoms with Crippen molar-refractivity contribution in [3.63, 3.8) is 0 Å². The van der Waals surface area contributed by atoms with Gasteiger partial charge >= 0.3 is 0 Å². The van der Waals surface area contributed by atoms with Gasteiger partial charge in [-0.2, -0.15) is 0 Å². The van der Waals surface area contributed by atoms with Crippen LogP contribution in [0.5, 0.6) is 0 Å². The van der Waals surface area contributed by atoms with Crippen molar-refractivity contribution in [1.82, 2.24) is 9.74 Å². The Morgan fingerprint density at radius 1 is 1.22 bits per heavy atom. The van der Waals surface area contributed by atoms with Crippen LogP contribution in [0, 0.1) is 5.41 Å². The summed E-state index contributed by atoms with van der Waals surface area (Å²) in [6.07, 6.45) is 2.16. The lowest BCUT2D eigenvalue weighted by Gasteiger charge is -2.39. The standard InChI is InChI=1S/C12H23ClF2N2.ClH/c1-11(2,16-13)3-6-17-7-4-12(9-14,10-15)5-8-17;/h16H,3-10H2,1-2H3;1H. The Hall–Kier alpha value is 0.360. The van der Waals surface area contributed by atoms with Gasteiger partial charge in [-0.15, -0.1) is 12.4 Å². The van der Waals surface area contributed by atoms with Crippen LogP contribution in [0.15, 0.2) is 0 Å². The highest BCUT2D eigenvalue weighted by atomic mass is 35.5. The van der Waals surface area contributed by atoms with Crippen molar-refractivity contribution in [2.24, 2.45) is 5.41 Å². The molecule has 0 aromatic rings. The highest BCUT2D eigenvalue weighted by Crippen LogP contribution is 2.32. The van der Waals surface area contributed by atoms with E-state index in [-0.39, 0.29) is 17.9 Å². The fourth-order valence-corrected chi connectivity index (χ4v) is 2.13. The highest BCUT2D eigenvalue weighted by Gasteiger charge is 2.35. The molecule has 1 fully saturated rings. The fourth-order valence-electron chi connectivity index (χ4n) is 2.04. The average Bonchev–Trinajstić information content (AvgIpc) is 2.37. The Kier molecular flexibility index (Phi) is 7.99. The summed E-state index contributed by atoms with van der Waals surface area (Å²) in [5.41, 5.74) is -0.799. The smallest absolute Gasteiger partial charge is 0.0976 e. The first-order valence-corrected chi connectivity index (χ1v) is 6.57. The first kappa shape index (κ1) is 18.4. The first-order chi connectivity index (χ1) is 7.97. The molecule has 0 aromatic heterocycles. The minimum absolute atomic E-state index is 0. The molecule has 0 amide bonds. The molecule has 2 nitrogen and oxygen atoms in total. The first-order valence-electron chi connectivity index (χ1n) is 6.19. The van der Waals surface area contributed by atoms with Gasteiger partial charge in [0.15, 0.2) is 0 Å². The van der Waals surface area contributed by atoms with Crippen molar-refractivity contribution in [3.8, 4) is 0 Å². The van der Waals surface area contributed by atoms with E-state index >= 15 is 0 Å². The van der Waals surface area contributed by atoms with Gasteiger partial charge in [0.1, 0.15) is 0 Å². The summed E-state index contributed by atoms with van der Waals surface area (Å²) < 4.78 is 25.6. The van der Waals surface area contributed by atoms with Gasteiger partial charge in [0, 0.05) is 11.0 Å². The number of hydrogen-bond donors (Lipinski definition) is 1. The van der Waals surface area contributed by atoms with Gasteiger partial charge < -0.3 is 4.90 Å². The number of halogens is 4. The Bertz CT molecular complexity index is 226. The van der Waals surface area contributed by atoms with Crippen LogP contribution in [-0.2, 0) is 0 Å². The number of nitrogens with one attached hydrogen (secondary N) is 1. The molecule has 1 rings (SSSR count). The minimum Gasteiger partial charge on any atom is -0.303 e. The summed E-state index contributed by atoms with van der Waals surface area (Å²) in [5, 5.41) is 0. The summed E-state index contributed by atoms with van der Waals surface area (Å²) in [4.78, 5) is 5.01. The lowest BCUT2D eigenvalue weighted by molar-refractivity contribution is 0.0517. The number of piperidine rings is 1. The SMILES string of the molecule is CC(C)(CCN1CCC(CF)(CF)CC1)NCl.Cl. The van der Waals surface area contributed by atoms with E-state index in [1.165, 1.54) is 0 Å². The van der Waals surface area contributed by atoms with E-state index in [0.29, 0.717) is 12.8 Å². The predicted octanol–water partition coefficient (Wildman–Crippen LogP) is 3.34. The summed E-state index contributed by atoms with van der Waals surface area (Å²) in [6, 6.07) is 0. The van der Waals surface area contributed by atoms with Gasteiger partial charge in [-0.25, -0.2) is 4.84 Å². The van der Waals surface area contributed by atoms with E-state index in [4.69, 9.17) is 11.8 Å². The molecule has 0 atom stereocenters. The molecule has 1 aliphatic heterocycles. The molecule has 0 radical (unpaired) electrons. The molecule has 0 aliphatic carbocycles. The van der Waals surface area contributed by atoms with Gasteiger partial charge in [-0.05, 0) is 64.5 Å². The zero-order valence-corrected chi connectivity index (χ0v) is 12.7. The third-order valence-corrected chi connectivity index (χ3v) is 4.30. The molecule has 0 saturated carbocycles. The second kappa shape index (κ2) is 7.83. The number of alkyl halides is 2. The van der Waals surface area contributed by atoms with Crippen LogP contribution in [-0.4, -0.2) is 43.4 Å². The van der Waals surface area contributed by atoms with Crippen LogP contribution < -0.4 is 4.84 Å². The molecule has 1 saturated heterocycles. The Balaban J connectivity index is 0.00000289. The van der Waals surface area contributed by atoms with Crippen molar-refractivity contribution >= 4 is 24.2 Å². The molecule has 110 valence electrons. The maximum absolute atomic E-state index is 12.8. The molecule has 1 N–H and O–H groups in total. The van der Waals surface area contributed by atoms with Gasteiger partial charge in [0.25, 0.3) is 0 Å². The van der Waals surface area contributed by atoms with Crippen molar-refractivity contribution in [1.29, 1.82) is 0 Å². The van der Waals surface area contributed by atoms with E-state index in [0.717, 1.165) is 26.1 Å². The molecule has 1 aliphatic rings. The van der Waals surface area contributed by atoms with Crippen LogP contribution in [0.1, 0.15) is 33.1 Å². The Morgan fingerprint density at radius 2 is 1.72 bits per heavy atom. The molecule has 0 unspecified atom stereocenters. The molecule has 0 spiro atoms. The number of likely N-dealkylation sites (tertiary alicyclic amines) is 1. The zero-order chi connectivity index (χ0) is 12.9. The molecular formula is C12H24Cl2F2N2. The number of rotatable bonds is 6. The van der Waals surface area contributed by atoms with Crippen LogP contribution in [0.25, 0.3) is 0 Å². The monoisotopic (exact) mass is 304 g/mol. The zero-order valence-electron chi connectivity index (χ0n) is 11.1. The van der Waals surface area contributed by atoms with Crippen LogP contribution in [0.4, 0.5) is 8.78 Å². The Morgan fingerprint density at radius 3 is 2.11 bits per heavy atom. The predicted molar refractivity (Wildman–Crippen MR) is 75.0 cm³/mol. The molecule has 6 heteroatoms. The maximum Gasteiger partial charge on any atom is 0.0976 e. The molecule has 1 heterocycles. The molecular weight excluding hydrogens is 281 g/mol. The summed E-state index contributed by atoms with van der Waals surface area (Å²) in [6.45, 7) is 5.49. The van der Waals surface area contributed by atoms with E-state index in [2.05, 4.69) is 9.74 Å². The van der Waals surface area contributed by atoms with Gasteiger partial charge in [-0.1, -0.05) is 0 Å². The van der Waals surface area contributed by atoms with Crippen molar-refractivity contribution in [2.75, 3.05) is 33.0 Å². The third kappa shape index (κ3) is 5.16. The maximum atomic E-state index is 12.8. The Labute approximate surface area is 120 Å². The molecule has 18 heavy (non-hydrogen) atoms. The lowest BCUT2D eigenvalue weighted by Crippen LogP contribution is -2.45. The number of nitrogens with zero attached hydrogens (tertiary/aromatic N) is 1. The van der Waals surface area contributed by atoms with Crippen LogP contribution in [0.2, 0.25) is 0 Å². The average molecular weight is 305 g/mol. The van der Waals surface area contributed by atoms with E-state index in [1.54, 1.807) is 0 Å². The lowest BCUT2D eigenvalue weighted by atomic mass is 9.81. The van der Waals surface area contributed by atoms with Crippen LogP contribution >= 0.6 is 24.2 Å². The number of hydrogen-bond acceptors (Lipinski definition) is 2. The van der Waals surface area contributed by atoms with Gasteiger partial charge in [0.05, 0.1) is 13.3 Å². The van der Waals surface area contributed by atoms with E-state index in [1.807, 2.05) is 13.8 Å². The topological polar surface area (TPSA) is 15.3 Å². The van der Waals surface area contributed by atoms with Crippen molar-refractivity contribution in [3.05, 3.63) is 0 Å². The van der Waals surface area contributed by atoms with Crippen molar-refractivity contribution in [2.45, 2.75) is 38.6 Å². The summed E-state index contributed by atoms with van der Waals surface area (Å²) in [7, 11) is 0. The summed E-state index contributed by atoms with van der Waals surface area (Å²) in [5.74, 6) is 0. The normalized spacial score (nSPS) is 20.5. The minimum atomic E-state index is -0.698. The quantitative estimate of drug-likeness (QED) is 0.757. The van der Waals surface area contributed by atoms with Crippen molar-refractivity contribution < 1.29 is 8.78 Å². The van der Waals surface area contributed by atoms with Crippen LogP contribution in [0.3, 0.4) is 0 Å². The van der Waals surface area contributed by atoms with Gasteiger partial charge in [0.2, 0.25) is 0 Å². The highest BCUT2D eigenvalue weighted by molar-refractivity contribution is 6.13. The third-order valence-electron chi connectivity index (χ3n) is 3.79. The second-order valence-corrected chi connectivity index (χ2v) is 6.03. The second-order valence-electron chi connectivity index (χ2n) is 5.84. The fraction of sp³-hybridized carbons (Fsp3) is 1.00. The largest absolute Gasteiger partial charge is 0.303 e.